The van der Waals surface area contributed by atoms with Crippen molar-refractivity contribution in [1.82, 2.24) is 4.90 Å². The average Bonchev–Trinajstić information content (AvgIpc) is 3.20. The minimum atomic E-state index is -0.478. The summed E-state index contributed by atoms with van der Waals surface area (Å²) in [5.41, 5.74) is 1.24. The fourth-order valence-electron chi connectivity index (χ4n) is 2.81. The van der Waals surface area contributed by atoms with Crippen molar-refractivity contribution in [2.75, 3.05) is 11.9 Å². The molecule has 2 aromatic rings. The van der Waals surface area contributed by atoms with Crippen molar-refractivity contribution in [1.29, 1.82) is 0 Å². The number of rotatable bonds is 3. The van der Waals surface area contributed by atoms with E-state index in [4.69, 9.17) is 0 Å². The van der Waals surface area contributed by atoms with Gasteiger partial charge in [-0.25, -0.2) is 4.39 Å². The third-order valence-electron chi connectivity index (χ3n) is 3.99. The van der Waals surface area contributed by atoms with Crippen molar-refractivity contribution >= 4 is 28.8 Å². The molecule has 6 heteroatoms. The van der Waals surface area contributed by atoms with E-state index in [0.29, 0.717) is 29.1 Å². The molecular weight excluding hydrogens is 315 g/mol. The van der Waals surface area contributed by atoms with Gasteiger partial charge in [-0.3, -0.25) is 9.59 Å². The molecule has 120 valence electrons. The van der Waals surface area contributed by atoms with Crippen molar-refractivity contribution < 1.29 is 14.0 Å². The van der Waals surface area contributed by atoms with E-state index in [-0.39, 0.29) is 17.6 Å². The summed E-state index contributed by atoms with van der Waals surface area (Å²) in [6.07, 6.45) is 1.45. The van der Waals surface area contributed by atoms with Crippen LogP contribution in [0.1, 0.15) is 28.1 Å². The second-order valence-corrected chi connectivity index (χ2v) is 6.53. The first-order chi connectivity index (χ1) is 11.1. The molecule has 1 aliphatic heterocycles. The fraction of sp³-hybridized carbons (Fsp3) is 0.294. The van der Waals surface area contributed by atoms with Crippen molar-refractivity contribution in [3.8, 4) is 0 Å². The Hall–Kier alpha value is -2.21. The van der Waals surface area contributed by atoms with Crippen molar-refractivity contribution in [2.45, 2.75) is 25.8 Å². The highest BCUT2D eigenvalue weighted by atomic mass is 32.1. The number of carbonyl (C=O) groups is 2. The molecule has 1 aliphatic rings. The van der Waals surface area contributed by atoms with Crippen LogP contribution in [0.2, 0.25) is 0 Å². The number of thiophene rings is 1. The highest BCUT2D eigenvalue weighted by molar-refractivity contribution is 7.12. The fourth-order valence-corrected chi connectivity index (χ4v) is 3.49. The molecule has 1 aromatic carbocycles. The lowest BCUT2D eigenvalue weighted by molar-refractivity contribution is -0.119. The molecule has 23 heavy (non-hydrogen) atoms. The molecule has 0 unspecified atom stereocenters. The number of nitrogens with one attached hydrogen (secondary N) is 1. The first-order valence-electron chi connectivity index (χ1n) is 7.48. The van der Waals surface area contributed by atoms with Crippen LogP contribution in [0.3, 0.4) is 0 Å². The Balaban J connectivity index is 1.74. The van der Waals surface area contributed by atoms with Gasteiger partial charge in [0.15, 0.2) is 0 Å². The number of halogens is 1. The van der Waals surface area contributed by atoms with Crippen LogP contribution in [-0.2, 0) is 4.79 Å². The summed E-state index contributed by atoms with van der Waals surface area (Å²) >= 11 is 1.38. The Morgan fingerprint density at radius 2 is 2.17 bits per heavy atom. The van der Waals surface area contributed by atoms with Crippen LogP contribution in [0.5, 0.6) is 0 Å². The van der Waals surface area contributed by atoms with Gasteiger partial charge in [0.05, 0.1) is 4.88 Å². The van der Waals surface area contributed by atoms with Crippen LogP contribution in [0, 0.1) is 12.7 Å². The maximum absolute atomic E-state index is 13.1. The SMILES string of the molecule is Cc1cc(F)ccc1NC(=O)[C@H]1CCCN1C(=O)c1cccs1. The molecule has 3 rings (SSSR count). The molecule has 1 N–H and O–H groups in total. The summed E-state index contributed by atoms with van der Waals surface area (Å²) in [6.45, 7) is 2.32. The standard InChI is InChI=1S/C17H17FN2O2S/c1-11-10-12(18)6-7-13(11)19-16(21)14-4-2-8-20(14)17(22)15-5-3-9-23-15/h3,5-7,9-10,14H,2,4,8H2,1H3,(H,19,21)/t14-/m1/s1. The van der Waals surface area contributed by atoms with Crippen LogP contribution >= 0.6 is 11.3 Å². The number of amides is 2. The number of carbonyl (C=O) groups excluding carboxylic acids is 2. The van der Waals surface area contributed by atoms with Gasteiger partial charge >= 0.3 is 0 Å². The van der Waals surface area contributed by atoms with Gasteiger partial charge in [-0.2, -0.15) is 0 Å². The Labute approximate surface area is 137 Å². The zero-order valence-electron chi connectivity index (χ0n) is 12.7. The van der Waals surface area contributed by atoms with E-state index in [1.165, 1.54) is 23.5 Å². The first-order valence-corrected chi connectivity index (χ1v) is 8.36. The van der Waals surface area contributed by atoms with Gasteiger partial charge in [0.1, 0.15) is 11.9 Å². The summed E-state index contributed by atoms with van der Waals surface area (Å²) in [5.74, 6) is -0.661. The van der Waals surface area contributed by atoms with Gasteiger partial charge in [-0.15, -0.1) is 11.3 Å². The van der Waals surface area contributed by atoms with E-state index in [1.807, 2.05) is 11.4 Å². The van der Waals surface area contributed by atoms with E-state index < -0.39 is 6.04 Å². The highest BCUT2D eigenvalue weighted by Gasteiger charge is 2.35. The molecule has 0 spiro atoms. The molecule has 1 fully saturated rings. The number of aryl methyl sites for hydroxylation is 1. The van der Waals surface area contributed by atoms with Gasteiger partial charge in [0.2, 0.25) is 5.91 Å². The Morgan fingerprint density at radius 3 is 2.87 bits per heavy atom. The molecule has 0 bridgehead atoms. The third kappa shape index (κ3) is 3.27. The smallest absolute Gasteiger partial charge is 0.264 e. The lowest BCUT2D eigenvalue weighted by Crippen LogP contribution is -2.43. The predicted molar refractivity (Wildman–Crippen MR) is 88.1 cm³/mol. The van der Waals surface area contributed by atoms with Gasteiger partial charge < -0.3 is 10.2 Å². The lowest BCUT2D eigenvalue weighted by Gasteiger charge is -2.23. The van der Waals surface area contributed by atoms with Gasteiger partial charge in [0.25, 0.3) is 5.91 Å². The molecule has 2 heterocycles. The molecule has 4 nitrogen and oxygen atoms in total. The van der Waals surface area contributed by atoms with Crippen molar-refractivity contribution in [3.05, 3.63) is 52.0 Å². The number of benzene rings is 1. The predicted octanol–water partition coefficient (Wildman–Crippen LogP) is 3.44. The van der Waals surface area contributed by atoms with E-state index in [2.05, 4.69) is 5.32 Å². The zero-order chi connectivity index (χ0) is 16.4. The largest absolute Gasteiger partial charge is 0.326 e. The zero-order valence-corrected chi connectivity index (χ0v) is 13.5. The first kappa shape index (κ1) is 15.7. The molecule has 0 saturated carbocycles. The molecular formula is C17H17FN2O2S. The Morgan fingerprint density at radius 1 is 1.35 bits per heavy atom. The maximum Gasteiger partial charge on any atom is 0.264 e. The molecule has 1 saturated heterocycles. The number of anilines is 1. The summed E-state index contributed by atoms with van der Waals surface area (Å²) in [4.78, 5) is 27.3. The van der Waals surface area contributed by atoms with E-state index in [0.717, 1.165) is 6.42 Å². The molecule has 1 atom stereocenters. The van der Waals surface area contributed by atoms with E-state index in [9.17, 15) is 14.0 Å². The quantitative estimate of drug-likeness (QED) is 0.936. The normalized spacial score (nSPS) is 17.3. The number of likely N-dealkylation sites (tertiary alicyclic amines) is 1. The molecule has 1 aromatic heterocycles. The van der Waals surface area contributed by atoms with Crippen LogP contribution in [0.4, 0.5) is 10.1 Å². The lowest BCUT2D eigenvalue weighted by atomic mass is 10.1. The third-order valence-corrected chi connectivity index (χ3v) is 4.85. The summed E-state index contributed by atoms with van der Waals surface area (Å²) < 4.78 is 13.1. The average molecular weight is 332 g/mol. The van der Waals surface area contributed by atoms with E-state index in [1.54, 1.807) is 24.0 Å². The Kier molecular flexibility index (Phi) is 4.43. The number of hydrogen-bond acceptors (Lipinski definition) is 3. The van der Waals surface area contributed by atoms with Gasteiger partial charge in [-0.1, -0.05) is 6.07 Å². The van der Waals surface area contributed by atoms with Crippen molar-refractivity contribution in [3.63, 3.8) is 0 Å². The van der Waals surface area contributed by atoms with Gasteiger partial charge in [-0.05, 0) is 55.0 Å². The second-order valence-electron chi connectivity index (χ2n) is 5.58. The van der Waals surface area contributed by atoms with Crippen LogP contribution in [-0.4, -0.2) is 29.3 Å². The van der Waals surface area contributed by atoms with Crippen LogP contribution in [0.15, 0.2) is 35.7 Å². The monoisotopic (exact) mass is 332 g/mol. The number of nitrogens with zero attached hydrogens (tertiary/aromatic N) is 1. The highest BCUT2D eigenvalue weighted by Crippen LogP contribution is 2.24. The summed E-state index contributed by atoms with van der Waals surface area (Å²) in [5, 5.41) is 4.66. The van der Waals surface area contributed by atoms with Crippen molar-refractivity contribution in [2.24, 2.45) is 0 Å². The van der Waals surface area contributed by atoms with Gasteiger partial charge in [0, 0.05) is 12.2 Å². The minimum absolute atomic E-state index is 0.103. The minimum Gasteiger partial charge on any atom is -0.326 e. The molecule has 0 radical (unpaired) electrons. The summed E-state index contributed by atoms with van der Waals surface area (Å²) in [7, 11) is 0. The second kappa shape index (κ2) is 6.50. The van der Waals surface area contributed by atoms with Crippen LogP contribution in [0.25, 0.3) is 0 Å². The van der Waals surface area contributed by atoms with Crippen LogP contribution < -0.4 is 5.32 Å². The Bertz CT molecular complexity index is 730. The molecule has 0 aliphatic carbocycles. The summed E-state index contributed by atoms with van der Waals surface area (Å²) in [6, 6.07) is 7.34. The number of hydrogen-bond donors (Lipinski definition) is 1. The maximum atomic E-state index is 13.1. The topological polar surface area (TPSA) is 49.4 Å². The molecule has 2 amide bonds. The van der Waals surface area contributed by atoms with E-state index >= 15 is 0 Å².